The number of methoxy groups -OCH3 is 1. The summed E-state index contributed by atoms with van der Waals surface area (Å²) >= 11 is 0. The van der Waals surface area contributed by atoms with E-state index in [0.717, 1.165) is 12.3 Å². The van der Waals surface area contributed by atoms with Gasteiger partial charge in [-0.05, 0) is 49.2 Å². The molecule has 2 aromatic rings. The van der Waals surface area contributed by atoms with Crippen LogP contribution in [0.1, 0.15) is 35.2 Å². The van der Waals surface area contributed by atoms with E-state index in [1.54, 1.807) is 7.11 Å². The lowest BCUT2D eigenvalue weighted by Gasteiger charge is -2.22. The second-order valence-electron chi connectivity index (χ2n) is 5.13. The van der Waals surface area contributed by atoms with Crippen LogP contribution in [0.25, 0.3) is 0 Å². The van der Waals surface area contributed by atoms with Crippen molar-refractivity contribution < 1.29 is 4.74 Å². The zero-order valence-electron chi connectivity index (χ0n) is 12.7. The van der Waals surface area contributed by atoms with Crippen molar-refractivity contribution >= 4 is 0 Å². The third kappa shape index (κ3) is 3.20. The highest BCUT2D eigenvalue weighted by atomic mass is 16.5. The summed E-state index contributed by atoms with van der Waals surface area (Å²) in [6, 6.07) is 15.2. The minimum atomic E-state index is 0.228. The van der Waals surface area contributed by atoms with Crippen molar-refractivity contribution in [3.63, 3.8) is 0 Å². The molecule has 106 valence electrons. The monoisotopic (exact) mass is 269 g/mol. The van der Waals surface area contributed by atoms with E-state index in [0.29, 0.717) is 0 Å². The second-order valence-corrected chi connectivity index (χ2v) is 5.13. The van der Waals surface area contributed by atoms with Gasteiger partial charge in [-0.2, -0.15) is 0 Å². The molecule has 0 amide bonds. The molecular formula is C18H23NO. The van der Waals surface area contributed by atoms with Crippen LogP contribution >= 0.6 is 0 Å². The molecule has 0 saturated carbocycles. The number of nitrogens with one attached hydrogen (secondary N) is 1. The molecule has 1 unspecified atom stereocenters. The Balaban J connectivity index is 2.43. The van der Waals surface area contributed by atoms with Crippen molar-refractivity contribution in [3.05, 3.63) is 64.7 Å². The summed E-state index contributed by atoms with van der Waals surface area (Å²) in [6.07, 6.45) is 0. The Morgan fingerprint density at radius 3 is 2.50 bits per heavy atom. The molecule has 0 aliphatic carbocycles. The predicted octanol–water partition coefficient (Wildman–Crippen LogP) is 4.01. The van der Waals surface area contributed by atoms with E-state index in [1.807, 2.05) is 6.07 Å². The zero-order valence-corrected chi connectivity index (χ0v) is 12.7. The molecule has 0 spiro atoms. The molecule has 1 atom stereocenters. The second kappa shape index (κ2) is 6.58. The van der Waals surface area contributed by atoms with Crippen molar-refractivity contribution in [2.75, 3.05) is 13.7 Å². The van der Waals surface area contributed by atoms with Gasteiger partial charge >= 0.3 is 0 Å². The number of hydrogen-bond donors (Lipinski definition) is 1. The van der Waals surface area contributed by atoms with Gasteiger partial charge in [0.25, 0.3) is 0 Å². The molecule has 1 N–H and O–H groups in total. The first-order valence-corrected chi connectivity index (χ1v) is 7.10. The summed E-state index contributed by atoms with van der Waals surface area (Å²) in [5.41, 5.74) is 5.15. The molecule has 0 aromatic heterocycles. The molecule has 2 heteroatoms. The van der Waals surface area contributed by atoms with E-state index < -0.39 is 0 Å². The van der Waals surface area contributed by atoms with Crippen molar-refractivity contribution in [3.8, 4) is 5.75 Å². The maximum absolute atomic E-state index is 5.29. The summed E-state index contributed by atoms with van der Waals surface area (Å²) < 4.78 is 5.29. The van der Waals surface area contributed by atoms with Gasteiger partial charge in [-0.1, -0.05) is 42.8 Å². The van der Waals surface area contributed by atoms with Gasteiger partial charge in [0.1, 0.15) is 5.75 Å². The van der Waals surface area contributed by atoms with Gasteiger partial charge in [-0.3, -0.25) is 0 Å². The third-order valence-electron chi connectivity index (χ3n) is 3.57. The fourth-order valence-corrected chi connectivity index (χ4v) is 2.56. The van der Waals surface area contributed by atoms with Crippen LogP contribution in [0.3, 0.4) is 0 Å². The van der Waals surface area contributed by atoms with Crippen molar-refractivity contribution in [1.82, 2.24) is 5.32 Å². The van der Waals surface area contributed by atoms with Gasteiger partial charge in [-0.25, -0.2) is 0 Å². The van der Waals surface area contributed by atoms with Crippen molar-refractivity contribution in [1.29, 1.82) is 0 Å². The van der Waals surface area contributed by atoms with Gasteiger partial charge in [-0.15, -0.1) is 0 Å². The molecule has 0 heterocycles. The number of hydrogen-bond acceptors (Lipinski definition) is 2. The first-order valence-electron chi connectivity index (χ1n) is 7.10. The van der Waals surface area contributed by atoms with Crippen molar-refractivity contribution in [2.24, 2.45) is 0 Å². The van der Waals surface area contributed by atoms with Crippen LogP contribution in [0.2, 0.25) is 0 Å². The normalized spacial score (nSPS) is 12.2. The lowest BCUT2D eigenvalue weighted by Crippen LogP contribution is -2.22. The SMILES string of the molecule is CCNC(c1cccc(C)c1)c1ccc(OC)cc1C. The fourth-order valence-electron chi connectivity index (χ4n) is 2.56. The average molecular weight is 269 g/mol. The maximum Gasteiger partial charge on any atom is 0.119 e. The summed E-state index contributed by atoms with van der Waals surface area (Å²) in [6.45, 7) is 7.34. The minimum absolute atomic E-state index is 0.228. The minimum Gasteiger partial charge on any atom is -0.497 e. The van der Waals surface area contributed by atoms with Crippen LogP contribution in [0, 0.1) is 13.8 Å². The molecule has 2 nitrogen and oxygen atoms in total. The molecule has 20 heavy (non-hydrogen) atoms. The largest absolute Gasteiger partial charge is 0.497 e. The zero-order chi connectivity index (χ0) is 14.5. The molecule has 0 radical (unpaired) electrons. The van der Waals surface area contributed by atoms with Gasteiger partial charge < -0.3 is 10.1 Å². The van der Waals surface area contributed by atoms with Crippen LogP contribution in [-0.4, -0.2) is 13.7 Å². The number of benzene rings is 2. The van der Waals surface area contributed by atoms with E-state index in [9.17, 15) is 0 Å². The molecular weight excluding hydrogens is 246 g/mol. The highest BCUT2D eigenvalue weighted by Gasteiger charge is 2.15. The molecule has 0 saturated heterocycles. The number of rotatable bonds is 5. The van der Waals surface area contributed by atoms with E-state index >= 15 is 0 Å². The Kier molecular flexibility index (Phi) is 4.80. The maximum atomic E-state index is 5.29. The van der Waals surface area contributed by atoms with Crippen LogP contribution in [0.4, 0.5) is 0 Å². The first kappa shape index (κ1) is 14.6. The summed E-state index contributed by atoms with van der Waals surface area (Å²) in [5, 5.41) is 3.58. The first-order chi connectivity index (χ1) is 9.65. The lowest BCUT2D eigenvalue weighted by atomic mass is 9.94. The quantitative estimate of drug-likeness (QED) is 0.885. The highest BCUT2D eigenvalue weighted by Crippen LogP contribution is 2.28. The van der Waals surface area contributed by atoms with Crippen LogP contribution in [0.5, 0.6) is 5.75 Å². The average Bonchev–Trinajstić information content (AvgIpc) is 2.45. The van der Waals surface area contributed by atoms with E-state index in [4.69, 9.17) is 4.74 Å². The molecule has 2 rings (SSSR count). The van der Waals surface area contributed by atoms with Crippen LogP contribution in [-0.2, 0) is 0 Å². The van der Waals surface area contributed by atoms with E-state index in [2.05, 4.69) is 62.5 Å². The molecule has 0 aliphatic rings. The molecule has 2 aromatic carbocycles. The topological polar surface area (TPSA) is 21.3 Å². The Bertz CT molecular complexity index is 577. The molecule has 0 aliphatic heterocycles. The number of aryl methyl sites for hydroxylation is 2. The number of ether oxygens (including phenoxy) is 1. The summed E-state index contributed by atoms with van der Waals surface area (Å²) in [4.78, 5) is 0. The van der Waals surface area contributed by atoms with E-state index in [1.165, 1.54) is 22.3 Å². The Morgan fingerprint density at radius 1 is 1.10 bits per heavy atom. The third-order valence-corrected chi connectivity index (χ3v) is 3.57. The smallest absolute Gasteiger partial charge is 0.119 e. The summed E-state index contributed by atoms with van der Waals surface area (Å²) in [5.74, 6) is 0.908. The molecule has 0 bridgehead atoms. The standard InChI is InChI=1S/C18H23NO/c1-5-19-18(15-8-6-7-13(2)11-15)17-10-9-16(20-4)12-14(17)3/h6-12,18-19H,5H2,1-4H3. The summed E-state index contributed by atoms with van der Waals surface area (Å²) in [7, 11) is 1.71. The lowest BCUT2D eigenvalue weighted by molar-refractivity contribution is 0.414. The highest BCUT2D eigenvalue weighted by molar-refractivity contribution is 5.41. The fraction of sp³-hybridized carbons (Fsp3) is 0.333. The Hall–Kier alpha value is -1.80. The van der Waals surface area contributed by atoms with Crippen molar-refractivity contribution in [2.45, 2.75) is 26.8 Å². The van der Waals surface area contributed by atoms with Gasteiger partial charge in [0, 0.05) is 0 Å². The van der Waals surface area contributed by atoms with Gasteiger partial charge in [0.05, 0.1) is 13.2 Å². The van der Waals surface area contributed by atoms with Crippen LogP contribution in [0.15, 0.2) is 42.5 Å². The Labute approximate surface area is 121 Å². The predicted molar refractivity (Wildman–Crippen MR) is 84.4 cm³/mol. The van der Waals surface area contributed by atoms with Crippen LogP contribution < -0.4 is 10.1 Å². The molecule has 0 fully saturated rings. The Morgan fingerprint density at radius 2 is 1.90 bits per heavy atom. The van der Waals surface area contributed by atoms with E-state index in [-0.39, 0.29) is 6.04 Å². The van der Waals surface area contributed by atoms with Gasteiger partial charge in [0.15, 0.2) is 0 Å². The van der Waals surface area contributed by atoms with Gasteiger partial charge in [0.2, 0.25) is 0 Å².